The number of halogens is 3. The second-order valence-corrected chi connectivity index (χ2v) is 7.49. The predicted molar refractivity (Wildman–Crippen MR) is 97.9 cm³/mol. The van der Waals surface area contributed by atoms with Gasteiger partial charge in [0.15, 0.2) is 5.82 Å². The molecule has 0 bridgehead atoms. The molecule has 30 heavy (non-hydrogen) atoms. The predicted octanol–water partition coefficient (Wildman–Crippen LogP) is 2.19. The summed E-state index contributed by atoms with van der Waals surface area (Å²) in [5, 5.41) is 19.3. The Morgan fingerprint density at radius 2 is 2.00 bits per heavy atom. The third kappa shape index (κ3) is 3.29. The first-order valence-electron chi connectivity index (χ1n) is 9.15. The minimum Gasteiger partial charge on any atom is -0.508 e. The van der Waals surface area contributed by atoms with Gasteiger partial charge in [-0.3, -0.25) is 24.4 Å². The zero-order valence-corrected chi connectivity index (χ0v) is 15.6. The molecule has 4 unspecified atom stereocenters. The van der Waals surface area contributed by atoms with Crippen LogP contribution in [0.2, 0.25) is 0 Å². The lowest BCUT2D eigenvalue weighted by Crippen LogP contribution is -2.42. The largest absolute Gasteiger partial charge is 0.508 e. The average Bonchev–Trinajstić information content (AvgIpc) is 3.14. The number of phenolic OH excluding ortho intramolecular Hbond substituents is 1. The molecule has 0 radical (unpaired) electrons. The summed E-state index contributed by atoms with van der Waals surface area (Å²) in [5.41, 5.74) is 0.461. The second kappa shape index (κ2) is 6.85. The van der Waals surface area contributed by atoms with Crippen LogP contribution >= 0.6 is 0 Å². The number of H-pyrrole nitrogens is 1. The van der Waals surface area contributed by atoms with E-state index in [9.17, 15) is 32.7 Å². The Hall–Kier alpha value is -3.37. The second-order valence-electron chi connectivity index (χ2n) is 7.49. The van der Waals surface area contributed by atoms with Crippen LogP contribution in [0.25, 0.3) is 10.9 Å². The van der Waals surface area contributed by atoms with Crippen LogP contribution in [0.15, 0.2) is 30.4 Å². The van der Waals surface area contributed by atoms with Crippen molar-refractivity contribution in [3.8, 4) is 5.75 Å². The number of anilines is 1. The average molecular weight is 422 g/mol. The standard InChI is InChI=1S/C19H17F3N4O4/c1-8-2-4-11-14(18(30)26(17(11)29)7-19(20,21)22)13(8)16(28)23-15-10-5-3-9(27)6-12(10)24-25-15/h2-6,8,11,13-14,27H,7H2,1H3,(H2,23,24,25,28). The fourth-order valence-electron chi connectivity index (χ4n) is 4.14. The summed E-state index contributed by atoms with van der Waals surface area (Å²) in [6, 6.07) is 4.35. The lowest BCUT2D eigenvalue weighted by Gasteiger charge is -2.30. The topological polar surface area (TPSA) is 115 Å². The molecule has 4 atom stereocenters. The molecule has 158 valence electrons. The number of carbonyl (C=O) groups excluding carboxylic acids is 3. The maximum absolute atomic E-state index is 13.0. The molecule has 0 spiro atoms. The van der Waals surface area contributed by atoms with E-state index < -0.39 is 54.1 Å². The van der Waals surface area contributed by atoms with E-state index in [1.165, 1.54) is 24.3 Å². The Balaban J connectivity index is 1.62. The van der Waals surface area contributed by atoms with Crippen LogP contribution in [-0.4, -0.2) is 50.6 Å². The lowest BCUT2D eigenvalue weighted by atomic mass is 9.71. The molecule has 11 heteroatoms. The van der Waals surface area contributed by atoms with Crippen molar-refractivity contribution in [2.75, 3.05) is 11.9 Å². The number of hydrogen-bond acceptors (Lipinski definition) is 5. The highest BCUT2D eigenvalue weighted by Crippen LogP contribution is 2.42. The van der Waals surface area contributed by atoms with Crippen molar-refractivity contribution in [3.05, 3.63) is 30.4 Å². The molecule has 1 fully saturated rings. The van der Waals surface area contributed by atoms with E-state index in [1.807, 2.05) is 0 Å². The fourth-order valence-corrected chi connectivity index (χ4v) is 4.14. The molecule has 0 saturated carbocycles. The lowest BCUT2D eigenvalue weighted by molar-refractivity contribution is -0.166. The van der Waals surface area contributed by atoms with Gasteiger partial charge >= 0.3 is 6.18 Å². The molecule has 1 aliphatic heterocycles. The van der Waals surface area contributed by atoms with Crippen LogP contribution in [0, 0.1) is 23.7 Å². The van der Waals surface area contributed by atoms with Gasteiger partial charge in [0.1, 0.15) is 12.3 Å². The molecule has 2 aromatic rings. The monoisotopic (exact) mass is 422 g/mol. The number of fused-ring (bicyclic) bond motifs is 2. The van der Waals surface area contributed by atoms with E-state index in [-0.39, 0.29) is 16.5 Å². The summed E-state index contributed by atoms with van der Waals surface area (Å²) in [4.78, 5) is 38.3. The van der Waals surface area contributed by atoms with Gasteiger partial charge in [0.2, 0.25) is 17.7 Å². The smallest absolute Gasteiger partial charge is 0.406 e. The normalized spacial score (nSPS) is 26.3. The molecule has 3 amide bonds. The van der Waals surface area contributed by atoms with Crippen molar-refractivity contribution in [1.82, 2.24) is 15.1 Å². The van der Waals surface area contributed by atoms with Crippen LogP contribution in [0.5, 0.6) is 5.75 Å². The number of amides is 3. The van der Waals surface area contributed by atoms with E-state index in [1.54, 1.807) is 13.0 Å². The number of aromatic hydroxyl groups is 1. The van der Waals surface area contributed by atoms with Crippen molar-refractivity contribution >= 4 is 34.4 Å². The van der Waals surface area contributed by atoms with Gasteiger partial charge in [0.25, 0.3) is 0 Å². The van der Waals surface area contributed by atoms with Gasteiger partial charge < -0.3 is 10.4 Å². The van der Waals surface area contributed by atoms with E-state index in [0.717, 1.165) is 0 Å². The van der Waals surface area contributed by atoms with Gasteiger partial charge in [-0.05, 0) is 18.1 Å². The third-order valence-corrected chi connectivity index (χ3v) is 5.49. The number of aromatic nitrogens is 2. The molecular weight excluding hydrogens is 405 g/mol. The minimum absolute atomic E-state index is 0.00210. The molecule has 2 heterocycles. The zero-order valence-electron chi connectivity index (χ0n) is 15.6. The number of benzene rings is 1. The number of hydrogen-bond donors (Lipinski definition) is 3. The summed E-state index contributed by atoms with van der Waals surface area (Å²) in [7, 11) is 0. The Morgan fingerprint density at radius 1 is 1.27 bits per heavy atom. The summed E-state index contributed by atoms with van der Waals surface area (Å²) in [6.07, 6.45) is -1.76. The zero-order chi connectivity index (χ0) is 21.8. The van der Waals surface area contributed by atoms with E-state index in [4.69, 9.17) is 0 Å². The molecule has 8 nitrogen and oxygen atoms in total. The number of nitrogens with zero attached hydrogens (tertiary/aromatic N) is 2. The van der Waals surface area contributed by atoms with Crippen LogP contribution in [0.3, 0.4) is 0 Å². The van der Waals surface area contributed by atoms with Crippen molar-refractivity contribution in [2.45, 2.75) is 13.1 Å². The molecule has 1 saturated heterocycles. The Morgan fingerprint density at radius 3 is 2.70 bits per heavy atom. The van der Waals surface area contributed by atoms with E-state index in [2.05, 4.69) is 15.5 Å². The van der Waals surface area contributed by atoms with Gasteiger partial charge in [-0.25, -0.2) is 0 Å². The Labute approximate surface area is 167 Å². The number of phenols is 1. The summed E-state index contributed by atoms with van der Waals surface area (Å²) in [6.45, 7) is -0.0242. The number of likely N-dealkylation sites (tertiary alicyclic amines) is 1. The first-order chi connectivity index (χ1) is 14.1. The van der Waals surface area contributed by atoms with Crippen molar-refractivity contribution in [1.29, 1.82) is 0 Å². The molecule has 4 rings (SSSR count). The van der Waals surface area contributed by atoms with Gasteiger partial charge in [-0.1, -0.05) is 19.1 Å². The highest BCUT2D eigenvalue weighted by atomic mass is 19.4. The maximum Gasteiger partial charge on any atom is 0.406 e. The molecule has 1 aliphatic carbocycles. The highest BCUT2D eigenvalue weighted by molar-refractivity contribution is 6.10. The highest BCUT2D eigenvalue weighted by Gasteiger charge is 2.56. The maximum atomic E-state index is 13.0. The summed E-state index contributed by atoms with van der Waals surface area (Å²) < 4.78 is 38.5. The number of imide groups is 1. The molecule has 2 aliphatic rings. The molecule has 1 aromatic heterocycles. The van der Waals surface area contributed by atoms with Crippen molar-refractivity contribution < 1.29 is 32.7 Å². The Kier molecular flexibility index (Phi) is 4.55. The first kappa shape index (κ1) is 19.9. The first-order valence-corrected chi connectivity index (χ1v) is 9.15. The van der Waals surface area contributed by atoms with Crippen LogP contribution in [0.1, 0.15) is 6.92 Å². The van der Waals surface area contributed by atoms with Gasteiger partial charge in [-0.2, -0.15) is 18.3 Å². The van der Waals surface area contributed by atoms with E-state index >= 15 is 0 Å². The van der Waals surface area contributed by atoms with Crippen molar-refractivity contribution in [2.24, 2.45) is 23.7 Å². The quantitative estimate of drug-likeness (QED) is 0.518. The molecule has 3 N–H and O–H groups in total. The summed E-state index contributed by atoms with van der Waals surface area (Å²) >= 11 is 0. The SMILES string of the molecule is CC1C=CC2C(=O)N(CC(F)(F)F)C(=O)C2C1C(=O)Nc1n[nH]c2cc(O)ccc12. The third-order valence-electron chi connectivity index (χ3n) is 5.49. The van der Waals surface area contributed by atoms with Crippen LogP contribution < -0.4 is 5.32 Å². The fraction of sp³-hybridized carbons (Fsp3) is 0.368. The molecule has 1 aromatic carbocycles. The Bertz CT molecular complexity index is 1080. The van der Waals surface area contributed by atoms with Crippen molar-refractivity contribution in [3.63, 3.8) is 0 Å². The van der Waals surface area contributed by atoms with Crippen LogP contribution in [0.4, 0.5) is 19.0 Å². The number of aromatic amines is 1. The number of rotatable bonds is 3. The van der Waals surface area contributed by atoms with Gasteiger partial charge in [0, 0.05) is 11.5 Å². The minimum atomic E-state index is -4.73. The molecular formula is C19H17F3N4O4. The van der Waals surface area contributed by atoms with Crippen LogP contribution in [-0.2, 0) is 14.4 Å². The number of allylic oxidation sites excluding steroid dienone is 1. The number of alkyl halides is 3. The van der Waals surface area contributed by atoms with E-state index in [0.29, 0.717) is 10.9 Å². The van der Waals surface area contributed by atoms with Gasteiger partial charge in [-0.15, -0.1) is 0 Å². The summed E-state index contributed by atoms with van der Waals surface area (Å²) in [5.74, 6) is -6.29. The number of carbonyl (C=O) groups is 3. The van der Waals surface area contributed by atoms with Gasteiger partial charge in [0.05, 0.1) is 23.3 Å². The number of nitrogens with one attached hydrogen (secondary N) is 2.